The Morgan fingerprint density at radius 2 is 2.06 bits per heavy atom. The molecule has 0 unspecified atom stereocenters. The first kappa shape index (κ1) is 10.8. The maximum absolute atomic E-state index is 12.2. The predicted octanol–water partition coefficient (Wildman–Crippen LogP) is 2.77. The third kappa shape index (κ3) is 1.58. The van der Waals surface area contributed by atoms with Crippen LogP contribution in [0.15, 0.2) is 24.3 Å². The van der Waals surface area contributed by atoms with Crippen LogP contribution in [0.2, 0.25) is 0 Å². The molecule has 0 bridgehead atoms. The summed E-state index contributed by atoms with van der Waals surface area (Å²) in [6.45, 7) is 2.94. The lowest BCUT2D eigenvalue weighted by Gasteiger charge is -2.28. The Labute approximate surface area is 102 Å². The fourth-order valence-electron chi connectivity index (χ4n) is 3.63. The Bertz CT molecular complexity index is 446. The normalized spacial score (nSPS) is 26.4. The zero-order chi connectivity index (χ0) is 11.9. The van der Waals surface area contributed by atoms with Gasteiger partial charge in [0.2, 0.25) is 5.91 Å². The zero-order valence-corrected chi connectivity index (χ0v) is 10.3. The first-order chi connectivity index (χ1) is 8.22. The van der Waals surface area contributed by atoms with E-state index in [-0.39, 0.29) is 5.41 Å². The van der Waals surface area contributed by atoms with Crippen LogP contribution in [0.1, 0.15) is 42.7 Å². The van der Waals surface area contributed by atoms with Crippen molar-refractivity contribution < 1.29 is 4.79 Å². The molecule has 2 aliphatic rings. The second-order valence-electron chi connectivity index (χ2n) is 5.54. The molecule has 1 aliphatic carbocycles. The molecule has 1 heterocycles. The van der Waals surface area contributed by atoms with Crippen LogP contribution in [-0.4, -0.2) is 12.5 Å². The SMILES string of the molecule is Cc1cccc([C@H]2CNC(=O)C23CCCC3)c1. The van der Waals surface area contributed by atoms with Gasteiger partial charge < -0.3 is 5.32 Å². The first-order valence-corrected chi connectivity index (χ1v) is 6.57. The van der Waals surface area contributed by atoms with Gasteiger partial charge in [-0.3, -0.25) is 4.79 Å². The van der Waals surface area contributed by atoms with Crippen molar-refractivity contribution in [1.29, 1.82) is 0 Å². The zero-order valence-electron chi connectivity index (χ0n) is 10.3. The summed E-state index contributed by atoms with van der Waals surface area (Å²) in [5, 5.41) is 3.08. The fourth-order valence-corrected chi connectivity index (χ4v) is 3.63. The molecule has 1 N–H and O–H groups in total. The fraction of sp³-hybridized carbons (Fsp3) is 0.533. The van der Waals surface area contributed by atoms with E-state index in [4.69, 9.17) is 0 Å². The highest BCUT2D eigenvalue weighted by Gasteiger charge is 2.51. The smallest absolute Gasteiger partial charge is 0.226 e. The van der Waals surface area contributed by atoms with E-state index < -0.39 is 0 Å². The standard InChI is InChI=1S/C15H19NO/c1-11-5-4-6-12(9-11)13-10-16-14(17)15(13)7-2-3-8-15/h4-6,9,13H,2-3,7-8,10H2,1H3,(H,16,17)/t13-/m1/s1. The van der Waals surface area contributed by atoms with Crippen molar-refractivity contribution in [2.24, 2.45) is 5.41 Å². The number of aryl methyl sites for hydroxylation is 1. The van der Waals surface area contributed by atoms with Crippen molar-refractivity contribution in [1.82, 2.24) is 5.32 Å². The second-order valence-corrected chi connectivity index (χ2v) is 5.54. The van der Waals surface area contributed by atoms with E-state index in [1.165, 1.54) is 24.0 Å². The molecule has 90 valence electrons. The largest absolute Gasteiger partial charge is 0.355 e. The van der Waals surface area contributed by atoms with Crippen LogP contribution in [-0.2, 0) is 4.79 Å². The highest BCUT2D eigenvalue weighted by molar-refractivity contribution is 5.86. The van der Waals surface area contributed by atoms with Crippen LogP contribution < -0.4 is 5.32 Å². The van der Waals surface area contributed by atoms with Crippen LogP contribution in [0.5, 0.6) is 0 Å². The van der Waals surface area contributed by atoms with E-state index >= 15 is 0 Å². The van der Waals surface area contributed by atoms with Crippen molar-refractivity contribution in [3.63, 3.8) is 0 Å². The third-order valence-electron chi connectivity index (χ3n) is 4.53. The van der Waals surface area contributed by atoms with Gasteiger partial charge in [-0.05, 0) is 25.3 Å². The third-order valence-corrected chi connectivity index (χ3v) is 4.53. The molecule has 1 aromatic carbocycles. The van der Waals surface area contributed by atoms with Crippen molar-refractivity contribution in [2.75, 3.05) is 6.54 Å². The van der Waals surface area contributed by atoms with E-state index in [1.807, 2.05) is 0 Å². The summed E-state index contributed by atoms with van der Waals surface area (Å²) >= 11 is 0. The molecule has 2 fully saturated rings. The van der Waals surface area contributed by atoms with Crippen molar-refractivity contribution in [2.45, 2.75) is 38.5 Å². The van der Waals surface area contributed by atoms with Gasteiger partial charge in [0.25, 0.3) is 0 Å². The van der Waals surface area contributed by atoms with Crippen LogP contribution >= 0.6 is 0 Å². The Hall–Kier alpha value is -1.31. The topological polar surface area (TPSA) is 29.1 Å². The Balaban J connectivity index is 2.00. The summed E-state index contributed by atoms with van der Waals surface area (Å²) in [6, 6.07) is 8.65. The number of amides is 1. The molecule has 0 radical (unpaired) electrons. The molecule has 3 rings (SSSR count). The number of rotatable bonds is 1. The molecule has 1 atom stereocenters. The molecule has 1 saturated carbocycles. The van der Waals surface area contributed by atoms with Gasteiger partial charge in [0.1, 0.15) is 0 Å². The van der Waals surface area contributed by atoms with Crippen molar-refractivity contribution >= 4 is 5.91 Å². The number of nitrogens with one attached hydrogen (secondary N) is 1. The minimum absolute atomic E-state index is 0.0895. The lowest BCUT2D eigenvalue weighted by Crippen LogP contribution is -2.31. The second kappa shape index (κ2) is 3.86. The summed E-state index contributed by atoms with van der Waals surface area (Å²) in [7, 11) is 0. The molecular formula is C15H19NO. The van der Waals surface area contributed by atoms with Crippen LogP contribution in [0.3, 0.4) is 0 Å². The molecule has 17 heavy (non-hydrogen) atoms. The molecule has 1 aromatic rings. The minimum Gasteiger partial charge on any atom is -0.355 e. The van der Waals surface area contributed by atoms with Gasteiger partial charge in [0, 0.05) is 12.5 Å². The predicted molar refractivity (Wildman–Crippen MR) is 67.8 cm³/mol. The molecule has 2 heteroatoms. The van der Waals surface area contributed by atoms with E-state index in [0.29, 0.717) is 11.8 Å². The molecule has 2 nitrogen and oxygen atoms in total. The molecule has 1 saturated heterocycles. The Morgan fingerprint density at radius 1 is 1.29 bits per heavy atom. The van der Waals surface area contributed by atoms with E-state index in [9.17, 15) is 4.79 Å². The maximum Gasteiger partial charge on any atom is 0.226 e. The van der Waals surface area contributed by atoms with Crippen LogP contribution in [0.4, 0.5) is 0 Å². The molecule has 1 aliphatic heterocycles. The Morgan fingerprint density at radius 3 is 2.76 bits per heavy atom. The lowest BCUT2D eigenvalue weighted by molar-refractivity contribution is -0.127. The molecule has 0 aromatic heterocycles. The monoisotopic (exact) mass is 229 g/mol. The van der Waals surface area contributed by atoms with Gasteiger partial charge >= 0.3 is 0 Å². The summed E-state index contributed by atoms with van der Waals surface area (Å²) in [6.07, 6.45) is 4.54. The number of carbonyl (C=O) groups excluding carboxylic acids is 1. The van der Waals surface area contributed by atoms with Crippen LogP contribution in [0.25, 0.3) is 0 Å². The van der Waals surface area contributed by atoms with Gasteiger partial charge in [0.15, 0.2) is 0 Å². The Kier molecular flexibility index (Phi) is 2.46. The maximum atomic E-state index is 12.2. The highest BCUT2D eigenvalue weighted by Crippen LogP contribution is 2.51. The summed E-state index contributed by atoms with van der Waals surface area (Å²) < 4.78 is 0. The molecule has 1 spiro atoms. The quantitative estimate of drug-likeness (QED) is 0.788. The van der Waals surface area contributed by atoms with Crippen LogP contribution in [0, 0.1) is 12.3 Å². The van der Waals surface area contributed by atoms with Crippen molar-refractivity contribution in [3.05, 3.63) is 35.4 Å². The molecular weight excluding hydrogens is 210 g/mol. The first-order valence-electron chi connectivity index (χ1n) is 6.57. The summed E-state index contributed by atoms with van der Waals surface area (Å²) in [5.74, 6) is 0.680. The number of carbonyl (C=O) groups is 1. The van der Waals surface area contributed by atoms with Gasteiger partial charge in [0.05, 0.1) is 5.41 Å². The van der Waals surface area contributed by atoms with Gasteiger partial charge in [-0.25, -0.2) is 0 Å². The van der Waals surface area contributed by atoms with Gasteiger partial charge in [-0.15, -0.1) is 0 Å². The number of hydrogen-bond donors (Lipinski definition) is 1. The molecule has 1 amide bonds. The lowest BCUT2D eigenvalue weighted by atomic mass is 9.72. The van der Waals surface area contributed by atoms with Crippen molar-refractivity contribution in [3.8, 4) is 0 Å². The van der Waals surface area contributed by atoms with E-state index in [0.717, 1.165) is 19.4 Å². The van der Waals surface area contributed by atoms with Gasteiger partial charge in [-0.2, -0.15) is 0 Å². The van der Waals surface area contributed by atoms with E-state index in [1.54, 1.807) is 0 Å². The average Bonchev–Trinajstić information content (AvgIpc) is 2.90. The minimum atomic E-state index is -0.0895. The summed E-state index contributed by atoms with van der Waals surface area (Å²) in [4.78, 5) is 12.2. The average molecular weight is 229 g/mol. The van der Waals surface area contributed by atoms with E-state index in [2.05, 4.69) is 36.5 Å². The number of benzene rings is 1. The number of hydrogen-bond acceptors (Lipinski definition) is 1. The van der Waals surface area contributed by atoms with Gasteiger partial charge in [-0.1, -0.05) is 42.7 Å². The highest BCUT2D eigenvalue weighted by atomic mass is 16.2. The summed E-state index contributed by atoms with van der Waals surface area (Å²) in [5.41, 5.74) is 2.54.